The number of hydrogen-bond acceptors (Lipinski definition) is 1. The average molecular weight is 191 g/mol. The van der Waals surface area contributed by atoms with E-state index in [4.69, 9.17) is 27.9 Å². The van der Waals surface area contributed by atoms with Gasteiger partial charge in [-0.2, -0.15) is 0 Å². The molecule has 11 heavy (non-hydrogen) atoms. The van der Waals surface area contributed by atoms with Crippen molar-refractivity contribution in [3.8, 4) is 5.75 Å². The highest BCUT2D eigenvalue weighted by atomic mass is 35.5. The van der Waals surface area contributed by atoms with Crippen molar-refractivity contribution in [3.05, 3.63) is 28.8 Å². The molecule has 0 aliphatic carbocycles. The molecule has 1 rings (SSSR count). The minimum Gasteiger partial charge on any atom is -0.476 e. The molecule has 1 aromatic rings. The van der Waals surface area contributed by atoms with Gasteiger partial charge >= 0.3 is 0 Å². The van der Waals surface area contributed by atoms with Crippen LogP contribution in [0.2, 0.25) is 5.02 Å². The molecule has 1 nitrogen and oxygen atoms in total. The van der Waals surface area contributed by atoms with Crippen molar-refractivity contribution >= 4 is 23.2 Å². The molecule has 60 valence electrons. The zero-order chi connectivity index (χ0) is 8.27. The molecule has 0 amide bonds. The van der Waals surface area contributed by atoms with Crippen LogP contribution in [0.15, 0.2) is 18.2 Å². The van der Waals surface area contributed by atoms with E-state index >= 15 is 0 Å². The van der Waals surface area contributed by atoms with Crippen LogP contribution in [0.1, 0.15) is 5.56 Å². The lowest BCUT2D eigenvalue weighted by Crippen LogP contribution is -1.89. The van der Waals surface area contributed by atoms with E-state index < -0.39 is 0 Å². The highest BCUT2D eigenvalue weighted by Crippen LogP contribution is 2.24. The topological polar surface area (TPSA) is 9.23 Å². The monoisotopic (exact) mass is 190 g/mol. The number of benzene rings is 1. The molecule has 0 aliphatic heterocycles. The number of aryl methyl sites for hydroxylation is 1. The van der Waals surface area contributed by atoms with Crippen molar-refractivity contribution < 1.29 is 4.74 Å². The van der Waals surface area contributed by atoms with Gasteiger partial charge in [0.2, 0.25) is 0 Å². The van der Waals surface area contributed by atoms with Gasteiger partial charge in [0.05, 0.1) is 5.02 Å². The van der Waals surface area contributed by atoms with Gasteiger partial charge in [-0.25, -0.2) is 0 Å². The van der Waals surface area contributed by atoms with E-state index in [0.717, 1.165) is 5.56 Å². The van der Waals surface area contributed by atoms with Crippen molar-refractivity contribution in [1.82, 2.24) is 0 Å². The fraction of sp³-hybridized carbons (Fsp3) is 0.250. The van der Waals surface area contributed by atoms with Gasteiger partial charge in [0, 0.05) is 0 Å². The van der Waals surface area contributed by atoms with E-state index in [1.165, 1.54) is 0 Å². The summed E-state index contributed by atoms with van der Waals surface area (Å²) in [6.07, 6.45) is 0. The van der Waals surface area contributed by atoms with Gasteiger partial charge in [-0.05, 0) is 24.6 Å². The molecule has 0 unspecified atom stereocenters. The first kappa shape index (κ1) is 8.69. The predicted molar refractivity (Wildman–Crippen MR) is 47.5 cm³/mol. The Kier molecular flexibility index (Phi) is 3.03. The second-order valence-corrected chi connectivity index (χ2v) is 2.81. The minimum atomic E-state index is 0.128. The number of alkyl halides is 1. The Morgan fingerprint density at radius 1 is 1.45 bits per heavy atom. The molecule has 0 spiro atoms. The first-order chi connectivity index (χ1) is 5.24. The molecule has 0 heterocycles. The Balaban J connectivity index is 2.90. The van der Waals surface area contributed by atoms with Crippen LogP contribution in [0, 0.1) is 6.92 Å². The standard InChI is InChI=1S/C8H8Cl2O/c1-6-2-3-8(11-5-9)7(10)4-6/h2-4H,5H2,1H3. The quantitative estimate of drug-likeness (QED) is 0.652. The molecule has 0 aromatic heterocycles. The molecule has 0 saturated heterocycles. The SMILES string of the molecule is Cc1ccc(OCCl)c(Cl)c1. The summed E-state index contributed by atoms with van der Waals surface area (Å²) in [6, 6.07) is 5.69. The summed E-state index contributed by atoms with van der Waals surface area (Å²) in [5.41, 5.74) is 1.11. The van der Waals surface area contributed by atoms with Crippen LogP contribution in [0.4, 0.5) is 0 Å². The van der Waals surface area contributed by atoms with Crippen molar-refractivity contribution in [2.45, 2.75) is 6.92 Å². The molecule has 0 radical (unpaired) electrons. The number of hydrogen-bond donors (Lipinski definition) is 0. The molecule has 0 bridgehead atoms. The molecule has 0 N–H and O–H groups in total. The van der Waals surface area contributed by atoms with E-state index in [1.807, 2.05) is 19.1 Å². The Morgan fingerprint density at radius 3 is 2.73 bits per heavy atom. The van der Waals surface area contributed by atoms with Crippen molar-refractivity contribution in [3.63, 3.8) is 0 Å². The summed E-state index contributed by atoms with van der Waals surface area (Å²) >= 11 is 11.2. The fourth-order valence-electron chi connectivity index (χ4n) is 0.782. The number of halogens is 2. The van der Waals surface area contributed by atoms with Gasteiger partial charge in [0.25, 0.3) is 0 Å². The Morgan fingerprint density at radius 2 is 2.18 bits per heavy atom. The van der Waals surface area contributed by atoms with Crippen LogP contribution in [0.5, 0.6) is 5.75 Å². The summed E-state index contributed by atoms with van der Waals surface area (Å²) in [5, 5.41) is 0.602. The van der Waals surface area contributed by atoms with E-state index in [0.29, 0.717) is 10.8 Å². The van der Waals surface area contributed by atoms with Crippen LogP contribution in [0.3, 0.4) is 0 Å². The zero-order valence-electron chi connectivity index (χ0n) is 6.10. The first-order valence-corrected chi connectivity index (χ1v) is 4.10. The molecule has 0 saturated carbocycles. The van der Waals surface area contributed by atoms with Gasteiger partial charge in [-0.1, -0.05) is 29.3 Å². The molecule has 0 fully saturated rings. The maximum Gasteiger partial charge on any atom is 0.162 e. The lowest BCUT2D eigenvalue weighted by Gasteiger charge is -2.03. The summed E-state index contributed by atoms with van der Waals surface area (Å²) in [6.45, 7) is 1.97. The highest BCUT2D eigenvalue weighted by Gasteiger charge is 1.99. The molecular weight excluding hydrogens is 183 g/mol. The predicted octanol–water partition coefficient (Wildman–Crippen LogP) is 3.22. The fourth-order valence-corrected chi connectivity index (χ4v) is 1.19. The van der Waals surface area contributed by atoms with Crippen LogP contribution >= 0.6 is 23.2 Å². The second kappa shape index (κ2) is 3.84. The normalized spacial score (nSPS) is 9.73. The number of rotatable bonds is 2. The molecule has 3 heteroatoms. The Labute approximate surface area is 75.9 Å². The average Bonchev–Trinajstić information content (AvgIpc) is 1.95. The van der Waals surface area contributed by atoms with E-state index in [2.05, 4.69) is 0 Å². The van der Waals surface area contributed by atoms with Crippen LogP contribution < -0.4 is 4.74 Å². The lowest BCUT2D eigenvalue weighted by atomic mass is 10.2. The van der Waals surface area contributed by atoms with Gasteiger partial charge in [0.15, 0.2) is 6.07 Å². The third kappa shape index (κ3) is 2.28. The number of ether oxygens (including phenoxy) is 1. The Bertz CT molecular complexity index is 248. The molecule has 0 aliphatic rings. The first-order valence-electron chi connectivity index (χ1n) is 3.19. The summed E-state index contributed by atoms with van der Waals surface area (Å²) in [7, 11) is 0. The molecule has 1 aromatic carbocycles. The van der Waals surface area contributed by atoms with E-state index in [-0.39, 0.29) is 6.07 Å². The summed E-state index contributed by atoms with van der Waals surface area (Å²) < 4.78 is 5.03. The highest BCUT2D eigenvalue weighted by molar-refractivity contribution is 6.32. The smallest absolute Gasteiger partial charge is 0.162 e. The van der Waals surface area contributed by atoms with E-state index in [9.17, 15) is 0 Å². The largest absolute Gasteiger partial charge is 0.476 e. The van der Waals surface area contributed by atoms with Gasteiger partial charge in [-0.3, -0.25) is 0 Å². The second-order valence-electron chi connectivity index (χ2n) is 2.19. The molecule has 0 atom stereocenters. The Hall–Kier alpha value is -0.400. The van der Waals surface area contributed by atoms with Gasteiger partial charge in [0.1, 0.15) is 5.75 Å². The van der Waals surface area contributed by atoms with Crippen LogP contribution in [-0.2, 0) is 0 Å². The van der Waals surface area contributed by atoms with Crippen LogP contribution in [0.25, 0.3) is 0 Å². The zero-order valence-corrected chi connectivity index (χ0v) is 7.62. The molecular formula is C8H8Cl2O. The van der Waals surface area contributed by atoms with Crippen molar-refractivity contribution in [2.24, 2.45) is 0 Å². The third-order valence-electron chi connectivity index (χ3n) is 1.30. The summed E-state index contributed by atoms with van der Waals surface area (Å²) in [4.78, 5) is 0. The summed E-state index contributed by atoms with van der Waals surface area (Å²) in [5.74, 6) is 0.632. The lowest BCUT2D eigenvalue weighted by molar-refractivity contribution is 0.388. The van der Waals surface area contributed by atoms with Crippen LogP contribution in [-0.4, -0.2) is 6.07 Å². The van der Waals surface area contributed by atoms with Crippen molar-refractivity contribution in [2.75, 3.05) is 6.07 Å². The van der Waals surface area contributed by atoms with Gasteiger partial charge in [-0.15, -0.1) is 0 Å². The third-order valence-corrected chi connectivity index (χ3v) is 1.70. The minimum absolute atomic E-state index is 0.128. The maximum atomic E-state index is 5.82. The van der Waals surface area contributed by atoms with Crippen molar-refractivity contribution in [1.29, 1.82) is 0 Å². The van der Waals surface area contributed by atoms with Gasteiger partial charge < -0.3 is 4.74 Å². The van der Waals surface area contributed by atoms with E-state index in [1.54, 1.807) is 6.07 Å². The maximum absolute atomic E-state index is 5.82.